The minimum Gasteiger partial charge on any atom is -0.496 e. The van der Waals surface area contributed by atoms with Crippen molar-refractivity contribution >= 4 is 16.8 Å². The van der Waals surface area contributed by atoms with Crippen LogP contribution in [0.4, 0.5) is 0 Å². The first-order valence-electron chi connectivity index (χ1n) is 9.23. The number of nitrogens with one attached hydrogen (secondary N) is 2. The quantitative estimate of drug-likeness (QED) is 0.657. The van der Waals surface area contributed by atoms with Crippen LogP contribution in [0.3, 0.4) is 0 Å². The fourth-order valence-electron chi connectivity index (χ4n) is 3.19. The molecule has 1 amide bonds. The van der Waals surface area contributed by atoms with E-state index in [4.69, 9.17) is 4.74 Å². The van der Waals surface area contributed by atoms with Gasteiger partial charge < -0.3 is 15.0 Å². The number of H-pyrrole nitrogens is 1. The summed E-state index contributed by atoms with van der Waals surface area (Å²) in [5.74, 6) is 1.33. The molecule has 0 radical (unpaired) electrons. The Kier molecular flexibility index (Phi) is 6.03. The molecule has 0 saturated heterocycles. The molecule has 0 bridgehead atoms. The zero-order chi connectivity index (χ0) is 20.1. The maximum absolute atomic E-state index is 12.2. The summed E-state index contributed by atoms with van der Waals surface area (Å²) in [6.45, 7) is 4.22. The standard InChI is InChI=1S/C21H24N4O3/c1-13-11-22-17(14(2)20(13)28-3)12-23-19(26)10-6-9-18-24-16-8-5-4-7-15(16)21(27)25-18/h4-5,7-8,11H,6,9-10,12H2,1-3H3,(H,23,26)(H,24,25,27). The molecule has 3 rings (SSSR count). The summed E-state index contributed by atoms with van der Waals surface area (Å²) >= 11 is 0. The van der Waals surface area contributed by atoms with E-state index in [1.807, 2.05) is 32.0 Å². The van der Waals surface area contributed by atoms with E-state index < -0.39 is 0 Å². The maximum atomic E-state index is 12.2. The largest absolute Gasteiger partial charge is 0.496 e. The Labute approximate surface area is 163 Å². The zero-order valence-electron chi connectivity index (χ0n) is 16.3. The molecule has 0 saturated carbocycles. The Bertz CT molecular complexity index is 1060. The van der Waals surface area contributed by atoms with Gasteiger partial charge in [0.1, 0.15) is 11.6 Å². The summed E-state index contributed by atoms with van der Waals surface area (Å²) in [5.41, 5.74) is 3.20. The molecule has 146 valence electrons. The van der Waals surface area contributed by atoms with Crippen LogP contribution in [0.2, 0.25) is 0 Å². The SMILES string of the molecule is COc1c(C)cnc(CNC(=O)CCCc2nc3ccccc3c(=O)[nH]2)c1C. The van der Waals surface area contributed by atoms with Crippen LogP contribution in [-0.2, 0) is 17.8 Å². The molecular formula is C21H24N4O3. The van der Waals surface area contributed by atoms with Crippen LogP contribution >= 0.6 is 0 Å². The number of amides is 1. The summed E-state index contributed by atoms with van der Waals surface area (Å²) in [6, 6.07) is 7.21. The molecule has 0 aliphatic heterocycles. The molecule has 0 aliphatic carbocycles. The molecule has 0 atom stereocenters. The van der Waals surface area contributed by atoms with E-state index in [1.165, 1.54) is 0 Å². The fourth-order valence-corrected chi connectivity index (χ4v) is 3.19. The third kappa shape index (κ3) is 4.36. The highest BCUT2D eigenvalue weighted by atomic mass is 16.5. The summed E-state index contributed by atoms with van der Waals surface area (Å²) in [4.78, 5) is 35.8. The molecule has 2 aromatic heterocycles. The smallest absolute Gasteiger partial charge is 0.258 e. The van der Waals surface area contributed by atoms with Crippen molar-refractivity contribution in [2.75, 3.05) is 7.11 Å². The molecule has 0 aliphatic rings. The number of ether oxygens (including phenoxy) is 1. The molecule has 28 heavy (non-hydrogen) atoms. The summed E-state index contributed by atoms with van der Waals surface area (Å²) in [6.07, 6.45) is 3.22. The Hall–Kier alpha value is -3.22. The van der Waals surface area contributed by atoms with Crippen molar-refractivity contribution < 1.29 is 9.53 Å². The number of hydrogen-bond acceptors (Lipinski definition) is 5. The van der Waals surface area contributed by atoms with E-state index >= 15 is 0 Å². The molecule has 3 aromatic rings. The van der Waals surface area contributed by atoms with Gasteiger partial charge in [-0.3, -0.25) is 14.6 Å². The van der Waals surface area contributed by atoms with Gasteiger partial charge in [-0.15, -0.1) is 0 Å². The monoisotopic (exact) mass is 380 g/mol. The molecule has 2 heterocycles. The number of carbonyl (C=O) groups excluding carboxylic acids is 1. The number of nitrogens with zero attached hydrogens (tertiary/aromatic N) is 2. The molecular weight excluding hydrogens is 356 g/mol. The van der Waals surface area contributed by atoms with Crippen LogP contribution in [0.1, 0.15) is 35.5 Å². The van der Waals surface area contributed by atoms with Gasteiger partial charge in [0.15, 0.2) is 0 Å². The van der Waals surface area contributed by atoms with Crippen LogP contribution in [0.5, 0.6) is 5.75 Å². The Morgan fingerprint density at radius 2 is 2.04 bits per heavy atom. The van der Waals surface area contributed by atoms with Crippen LogP contribution in [0.15, 0.2) is 35.3 Å². The van der Waals surface area contributed by atoms with Gasteiger partial charge in [0.05, 0.1) is 30.3 Å². The highest BCUT2D eigenvalue weighted by molar-refractivity contribution is 5.77. The number of hydrogen-bond donors (Lipinski definition) is 2. The highest BCUT2D eigenvalue weighted by Crippen LogP contribution is 2.23. The molecule has 0 fully saturated rings. The van der Waals surface area contributed by atoms with E-state index in [2.05, 4.69) is 20.3 Å². The number of para-hydroxylation sites is 1. The molecule has 0 spiro atoms. The Morgan fingerprint density at radius 3 is 2.82 bits per heavy atom. The van der Waals surface area contributed by atoms with Crippen molar-refractivity contribution in [3.8, 4) is 5.75 Å². The minimum absolute atomic E-state index is 0.0659. The maximum Gasteiger partial charge on any atom is 0.258 e. The molecule has 7 heteroatoms. The van der Waals surface area contributed by atoms with Crippen LogP contribution < -0.4 is 15.6 Å². The van der Waals surface area contributed by atoms with E-state index in [9.17, 15) is 9.59 Å². The number of aromatic amines is 1. The Morgan fingerprint density at radius 1 is 1.25 bits per heavy atom. The lowest BCUT2D eigenvalue weighted by Crippen LogP contribution is -2.24. The number of methoxy groups -OCH3 is 1. The fraction of sp³-hybridized carbons (Fsp3) is 0.333. The van der Waals surface area contributed by atoms with Crippen LogP contribution in [-0.4, -0.2) is 28.0 Å². The van der Waals surface area contributed by atoms with Gasteiger partial charge in [0, 0.05) is 30.2 Å². The first-order chi connectivity index (χ1) is 13.5. The predicted molar refractivity (Wildman–Crippen MR) is 107 cm³/mol. The number of aromatic nitrogens is 3. The average molecular weight is 380 g/mol. The second-order valence-electron chi connectivity index (χ2n) is 6.71. The third-order valence-corrected chi connectivity index (χ3v) is 4.68. The van der Waals surface area contributed by atoms with Crippen LogP contribution in [0, 0.1) is 13.8 Å². The Balaban J connectivity index is 1.53. The summed E-state index contributed by atoms with van der Waals surface area (Å²) in [5, 5.41) is 3.46. The minimum atomic E-state index is -0.153. The lowest BCUT2D eigenvalue weighted by Gasteiger charge is -2.12. The summed E-state index contributed by atoms with van der Waals surface area (Å²) in [7, 11) is 1.63. The third-order valence-electron chi connectivity index (χ3n) is 4.68. The number of pyridine rings is 1. The van der Waals surface area contributed by atoms with Crippen molar-refractivity contribution in [2.45, 2.75) is 39.7 Å². The van der Waals surface area contributed by atoms with Gasteiger partial charge in [0.25, 0.3) is 5.56 Å². The van der Waals surface area contributed by atoms with Crippen molar-refractivity contribution in [2.24, 2.45) is 0 Å². The van der Waals surface area contributed by atoms with Crippen LogP contribution in [0.25, 0.3) is 10.9 Å². The normalized spacial score (nSPS) is 10.8. The van der Waals surface area contributed by atoms with E-state index in [-0.39, 0.29) is 11.5 Å². The van der Waals surface area contributed by atoms with Gasteiger partial charge in [0.2, 0.25) is 5.91 Å². The molecule has 0 unspecified atom stereocenters. The van der Waals surface area contributed by atoms with E-state index in [1.54, 1.807) is 19.4 Å². The van der Waals surface area contributed by atoms with Crippen molar-refractivity contribution in [3.63, 3.8) is 0 Å². The second-order valence-corrected chi connectivity index (χ2v) is 6.71. The number of fused-ring (bicyclic) bond motifs is 1. The number of carbonyl (C=O) groups is 1. The highest BCUT2D eigenvalue weighted by Gasteiger charge is 2.11. The lowest BCUT2D eigenvalue weighted by atomic mass is 10.1. The van der Waals surface area contributed by atoms with Gasteiger partial charge in [-0.2, -0.15) is 0 Å². The second kappa shape index (κ2) is 8.65. The number of rotatable bonds is 7. The lowest BCUT2D eigenvalue weighted by molar-refractivity contribution is -0.121. The van der Waals surface area contributed by atoms with Gasteiger partial charge in [-0.1, -0.05) is 12.1 Å². The van der Waals surface area contributed by atoms with Crippen molar-refractivity contribution in [1.29, 1.82) is 0 Å². The van der Waals surface area contributed by atoms with E-state index in [0.717, 1.165) is 22.6 Å². The average Bonchev–Trinajstić information content (AvgIpc) is 2.68. The summed E-state index contributed by atoms with van der Waals surface area (Å²) < 4.78 is 5.39. The van der Waals surface area contributed by atoms with Crippen molar-refractivity contribution in [1.82, 2.24) is 20.3 Å². The number of aryl methyl sites for hydroxylation is 2. The first-order valence-corrected chi connectivity index (χ1v) is 9.23. The zero-order valence-corrected chi connectivity index (χ0v) is 16.3. The predicted octanol–water partition coefficient (Wildman–Crippen LogP) is 2.58. The first kappa shape index (κ1) is 19.5. The van der Waals surface area contributed by atoms with Gasteiger partial charge >= 0.3 is 0 Å². The molecule has 1 aromatic carbocycles. The molecule has 2 N–H and O–H groups in total. The molecule has 7 nitrogen and oxygen atoms in total. The van der Waals surface area contributed by atoms with Crippen molar-refractivity contribution in [3.05, 3.63) is 63.5 Å². The number of benzene rings is 1. The van der Waals surface area contributed by atoms with E-state index in [0.29, 0.717) is 42.5 Å². The van der Waals surface area contributed by atoms with Gasteiger partial charge in [-0.05, 0) is 32.4 Å². The topological polar surface area (TPSA) is 97.0 Å². The van der Waals surface area contributed by atoms with Gasteiger partial charge in [-0.25, -0.2) is 4.98 Å².